The van der Waals surface area contributed by atoms with Gasteiger partial charge < -0.3 is 20.1 Å². The summed E-state index contributed by atoms with van der Waals surface area (Å²) in [7, 11) is 0. The molecule has 8 heteroatoms. The van der Waals surface area contributed by atoms with Crippen molar-refractivity contribution >= 4 is 29.0 Å². The molecule has 0 aliphatic rings. The lowest BCUT2D eigenvalue weighted by Gasteiger charge is -2.14. The molecule has 0 unspecified atom stereocenters. The number of benzene rings is 2. The second-order valence-corrected chi connectivity index (χ2v) is 10.3. The van der Waals surface area contributed by atoms with E-state index in [-0.39, 0.29) is 5.69 Å². The Kier molecular flexibility index (Phi) is 8.41. The molecule has 0 aliphatic heterocycles. The SMILES string of the molecule is NC(=O)c1cn(C[C@@H](O)CCCc2ccccc2OCc2ccc(Sc3cccs3)cc2)cn1. The Morgan fingerprint density at radius 3 is 2.71 bits per heavy atom. The zero-order valence-electron chi connectivity index (χ0n) is 18.7. The highest BCUT2D eigenvalue weighted by molar-refractivity contribution is 8.01. The maximum absolute atomic E-state index is 11.1. The Morgan fingerprint density at radius 2 is 1.97 bits per heavy atom. The number of rotatable bonds is 12. The minimum Gasteiger partial charge on any atom is -0.489 e. The molecule has 0 aliphatic carbocycles. The summed E-state index contributed by atoms with van der Waals surface area (Å²) >= 11 is 3.51. The molecule has 3 N–H and O–H groups in total. The Balaban J connectivity index is 1.25. The Morgan fingerprint density at radius 1 is 1.15 bits per heavy atom. The molecule has 34 heavy (non-hydrogen) atoms. The molecular formula is C26H27N3O3S2. The van der Waals surface area contributed by atoms with E-state index in [1.54, 1.807) is 33.9 Å². The number of amides is 1. The van der Waals surface area contributed by atoms with Gasteiger partial charge in [-0.1, -0.05) is 48.2 Å². The molecule has 2 aromatic carbocycles. The summed E-state index contributed by atoms with van der Waals surface area (Å²) in [5, 5.41) is 12.4. The van der Waals surface area contributed by atoms with Crippen molar-refractivity contribution in [3.05, 3.63) is 95.4 Å². The van der Waals surface area contributed by atoms with Crippen LogP contribution in [0.1, 0.15) is 34.5 Å². The van der Waals surface area contributed by atoms with Crippen molar-refractivity contribution in [2.75, 3.05) is 0 Å². The van der Waals surface area contributed by atoms with Gasteiger partial charge in [-0.25, -0.2) is 4.98 Å². The molecule has 4 aromatic rings. The van der Waals surface area contributed by atoms with Crippen LogP contribution in [0.5, 0.6) is 5.75 Å². The summed E-state index contributed by atoms with van der Waals surface area (Å²) in [5.74, 6) is 0.299. The van der Waals surface area contributed by atoms with Gasteiger partial charge in [-0.15, -0.1) is 11.3 Å². The lowest BCUT2D eigenvalue weighted by molar-refractivity contribution is 0.0995. The average molecular weight is 494 g/mol. The molecule has 1 amide bonds. The smallest absolute Gasteiger partial charge is 0.268 e. The van der Waals surface area contributed by atoms with E-state index in [0.717, 1.165) is 29.7 Å². The lowest BCUT2D eigenvalue weighted by atomic mass is 10.0. The van der Waals surface area contributed by atoms with Crippen LogP contribution in [0.2, 0.25) is 0 Å². The molecule has 176 valence electrons. The van der Waals surface area contributed by atoms with E-state index in [1.165, 1.54) is 15.4 Å². The van der Waals surface area contributed by atoms with Crippen molar-refractivity contribution < 1.29 is 14.6 Å². The first-order valence-electron chi connectivity index (χ1n) is 11.1. The van der Waals surface area contributed by atoms with Gasteiger partial charge in [-0.05, 0) is 60.0 Å². The third-order valence-corrected chi connectivity index (χ3v) is 7.34. The summed E-state index contributed by atoms with van der Waals surface area (Å²) < 4.78 is 9.09. The van der Waals surface area contributed by atoms with E-state index in [0.29, 0.717) is 19.6 Å². The van der Waals surface area contributed by atoms with Crippen LogP contribution in [0.25, 0.3) is 0 Å². The first-order chi connectivity index (χ1) is 16.6. The number of imidazole rings is 1. The van der Waals surface area contributed by atoms with Gasteiger partial charge in [-0.2, -0.15) is 0 Å². The number of carbonyl (C=O) groups is 1. The molecule has 0 bridgehead atoms. The minimum absolute atomic E-state index is 0.203. The molecule has 0 fully saturated rings. The van der Waals surface area contributed by atoms with Crippen LogP contribution >= 0.6 is 23.1 Å². The van der Waals surface area contributed by atoms with Crippen LogP contribution in [0, 0.1) is 0 Å². The summed E-state index contributed by atoms with van der Waals surface area (Å²) in [6, 6.07) is 20.7. The Bertz CT molecular complexity index is 1190. The number of ether oxygens (including phenoxy) is 1. The van der Waals surface area contributed by atoms with Crippen molar-refractivity contribution in [2.45, 2.75) is 47.6 Å². The molecule has 0 spiro atoms. The molecule has 0 saturated carbocycles. The van der Waals surface area contributed by atoms with Gasteiger partial charge in [0.2, 0.25) is 0 Å². The van der Waals surface area contributed by atoms with Gasteiger partial charge >= 0.3 is 0 Å². The third-order valence-electron chi connectivity index (χ3n) is 5.29. The van der Waals surface area contributed by atoms with E-state index in [2.05, 4.69) is 52.8 Å². The highest BCUT2D eigenvalue weighted by atomic mass is 32.2. The van der Waals surface area contributed by atoms with Gasteiger partial charge in [0.15, 0.2) is 0 Å². The van der Waals surface area contributed by atoms with E-state index in [1.807, 2.05) is 18.2 Å². The molecular weight excluding hydrogens is 466 g/mol. The molecule has 4 rings (SSSR count). The largest absolute Gasteiger partial charge is 0.489 e. The van der Waals surface area contributed by atoms with Crippen LogP contribution in [0.4, 0.5) is 0 Å². The zero-order valence-corrected chi connectivity index (χ0v) is 20.3. The number of nitrogens with two attached hydrogens (primary N) is 1. The lowest BCUT2D eigenvalue weighted by Crippen LogP contribution is -2.15. The first kappa shape index (κ1) is 24.1. The maximum Gasteiger partial charge on any atom is 0.268 e. The number of para-hydroxylation sites is 1. The van der Waals surface area contributed by atoms with Crippen LogP contribution in [-0.2, 0) is 19.6 Å². The molecule has 2 aromatic heterocycles. The van der Waals surface area contributed by atoms with Crippen LogP contribution in [-0.4, -0.2) is 26.7 Å². The highest BCUT2D eigenvalue weighted by Gasteiger charge is 2.10. The Labute approximate surface area is 207 Å². The van der Waals surface area contributed by atoms with Crippen molar-refractivity contribution in [2.24, 2.45) is 5.73 Å². The van der Waals surface area contributed by atoms with Gasteiger partial charge in [0.25, 0.3) is 5.91 Å². The highest BCUT2D eigenvalue weighted by Crippen LogP contribution is 2.31. The van der Waals surface area contributed by atoms with Gasteiger partial charge in [0, 0.05) is 17.6 Å². The average Bonchev–Trinajstić information content (AvgIpc) is 3.52. The number of carbonyl (C=O) groups excluding carboxylic acids is 1. The predicted octanol–water partition coefficient (Wildman–Crippen LogP) is 5.16. The zero-order chi connectivity index (χ0) is 23.8. The van der Waals surface area contributed by atoms with Gasteiger partial charge in [0.1, 0.15) is 18.1 Å². The quantitative estimate of drug-likeness (QED) is 0.285. The second kappa shape index (κ2) is 11.9. The van der Waals surface area contributed by atoms with Crippen molar-refractivity contribution in [1.29, 1.82) is 0 Å². The number of thiophene rings is 1. The minimum atomic E-state index is -0.571. The molecule has 2 heterocycles. The number of primary amides is 1. The first-order valence-corrected chi connectivity index (χ1v) is 12.8. The van der Waals surface area contributed by atoms with Crippen molar-refractivity contribution in [3.8, 4) is 5.75 Å². The number of aryl methyl sites for hydroxylation is 1. The fourth-order valence-electron chi connectivity index (χ4n) is 3.55. The number of hydrogen-bond acceptors (Lipinski definition) is 6. The third kappa shape index (κ3) is 6.96. The topological polar surface area (TPSA) is 90.4 Å². The summed E-state index contributed by atoms with van der Waals surface area (Å²) in [4.78, 5) is 16.3. The summed E-state index contributed by atoms with van der Waals surface area (Å²) in [6.45, 7) is 0.881. The number of aliphatic hydroxyl groups excluding tert-OH is 1. The second-order valence-electron chi connectivity index (χ2n) is 7.94. The standard InChI is InChI=1S/C26H27N3O3S2/c27-26(31)23-16-29(18-28-23)15-21(30)7-3-6-20-5-1-2-8-24(20)32-17-19-10-12-22(13-11-19)34-25-9-4-14-33-25/h1-2,4-5,8-14,16,18,21,30H,3,6-7,15,17H2,(H2,27,31)/t21-/m0/s1. The van der Waals surface area contributed by atoms with Gasteiger partial charge in [-0.3, -0.25) is 4.79 Å². The number of nitrogens with zero attached hydrogens (tertiary/aromatic N) is 2. The molecule has 0 saturated heterocycles. The number of aromatic nitrogens is 2. The maximum atomic E-state index is 11.1. The van der Waals surface area contributed by atoms with Crippen LogP contribution in [0.15, 0.2) is 87.7 Å². The number of aliphatic hydroxyl groups is 1. The monoisotopic (exact) mass is 493 g/mol. The molecule has 0 radical (unpaired) electrons. The molecule has 1 atom stereocenters. The normalized spacial score (nSPS) is 11.9. The fourth-order valence-corrected chi connectivity index (χ4v) is 5.30. The van der Waals surface area contributed by atoms with E-state index < -0.39 is 12.0 Å². The van der Waals surface area contributed by atoms with E-state index in [4.69, 9.17) is 10.5 Å². The fraction of sp³-hybridized carbons (Fsp3) is 0.231. The number of hydrogen-bond donors (Lipinski definition) is 2. The summed E-state index contributed by atoms with van der Waals surface area (Å²) in [6.07, 6.45) is 4.78. The molecule has 6 nitrogen and oxygen atoms in total. The van der Waals surface area contributed by atoms with Crippen LogP contribution in [0.3, 0.4) is 0 Å². The summed E-state index contributed by atoms with van der Waals surface area (Å²) in [5.41, 5.74) is 7.67. The van der Waals surface area contributed by atoms with Crippen LogP contribution < -0.4 is 10.5 Å². The predicted molar refractivity (Wildman–Crippen MR) is 135 cm³/mol. The Hall–Kier alpha value is -3.07. The van der Waals surface area contributed by atoms with E-state index in [9.17, 15) is 9.90 Å². The van der Waals surface area contributed by atoms with E-state index >= 15 is 0 Å². The van der Waals surface area contributed by atoms with Crippen molar-refractivity contribution in [1.82, 2.24) is 9.55 Å². The van der Waals surface area contributed by atoms with Gasteiger partial charge in [0.05, 0.1) is 16.6 Å². The van der Waals surface area contributed by atoms with Crippen molar-refractivity contribution in [3.63, 3.8) is 0 Å².